The van der Waals surface area contributed by atoms with E-state index in [0.29, 0.717) is 18.8 Å². The van der Waals surface area contributed by atoms with Crippen LogP contribution >= 0.6 is 11.3 Å². The number of hydrogen-bond donors (Lipinski definition) is 0. The van der Waals surface area contributed by atoms with Gasteiger partial charge < -0.3 is 14.2 Å². The molecule has 1 aliphatic heterocycles. The molecule has 0 N–H and O–H groups in total. The number of hydrogen-bond acceptors (Lipinski definition) is 7. The smallest absolute Gasteiger partial charge is 0.289 e. The summed E-state index contributed by atoms with van der Waals surface area (Å²) in [7, 11) is 0. The predicted molar refractivity (Wildman–Crippen MR) is 90.0 cm³/mol. The third-order valence-corrected chi connectivity index (χ3v) is 4.87. The monoisotopic (exact) mass is 341 g/mol. The first-order chi connectivity index (χ1) is 11.8. The second-order valence-electron chi connectivity index (χ2n) is 5.36. The van der Waals surface area contributed by atoms with Gasteiger partial charge in [0.2, 0.25) is 5.13 Å². The van der Waals surface area contributed by atoms with Gasteiger partial charge in [0.05, 0.1) is 6.26 Å². The van der Waals surface area contributed by atoms with Gasteiger partial charge in [-0.25, -0.2) is 0 Å². The van der Waals surface area contributed by atoms with Gasteiger partial charge in [0.25, 0.3) is 5.91 Å². The molecule has 8 heteroatoms. The van der Waals surface area contributed by atoms with Gasteiger partial charge in [-0.15, -0.1) is 10.2 Å². The number of rotatable bonds is 3. The Balaban J connectivity index is 1.41. The first-order valence-corrected chi connectivity index (χ1v) is 8.45. The van der Waals surface area contributed by atoms with Gasteiger partial charge in [-0.3, -0.25) is 9.78 Å². The van der Waals surface area contributed by atoms with Crippen molar-refractivity contribution in [1.29, 1.82) is 0 Å². The number of piperazine rings is 1. The number of furan rings is 1. The minimum atomic E-state index is -0.0638. The van der Waals surface area contributed by atoms with Crippen LogP contribution in [0.2, 0.25) is 0 Å². The van der Waals surface area contributed by atoms with Crippen LogP contribution in [0.5, 0.6) is 0 Å². The molecule has 24 heavy (non-hydrogen) atoms. The average molecular weight is 341 g/mol. The van der Waals surface area contributed by atoms with Crippen LogP contribution in [0.3, 0.4) is 0 Å². The van der Waals surface area contributed by atoms with E-state index in [1.807, 2.05) is 18.2 Å². The highest BCUT2D eigenvalue weighted by Gasteiger charge is 2.25. The molecule has 0 saturated carbocycles. The number of nitrogens with zero attached hydrogens (tertiary/aromatic N) is 5. The molecule has 1 fully saturated rings. The van der Waals surface area contributed by atoms with Gasteiger partial charge in [0.15, 0.2) is 10.8 Å². The molecule has 0 spiro atoms. The maximum atomic E-state index is 12.3. The van der Waals surface area contributed by atoms with E-state index in [0.717, 1.165) is 28.9 Å². The van der Waals surface area contributed by atoms with Crippen LogP contribution in [0.1, 0.15) is 10.6 Å². The van der Waals surface area contributed by atoms with Gasteiger partial charge in [-0.1, -0.05) is 17.4 Å². The van der Waals surface area contributed by atoms with E-state index >= 15 is 0 Å². The highest BCUT2D eigenvalue weighted by molar-refractivity contribution is 7.18. The fourth-order valence-corrected chi connectivity index (χ4v) is 3.47. The molecular weight excluding hydrogens is 326 g/mol. The fraction of sp³-hybridized carbons (Fsp3) is 0.250. The summed E-state index contributed by atoms with van der Waals surface area (Å²) in [5, 5.41) is 10.2. The number of carbonyl (C=O) groups is 1. The van der Waals surface area contributed by atoms with Crippen LogP contribution in [0.4, 0.5) is 5.13 Å². The Bertz CT molecular complexity index is 810. The van der Waals surface area contributed by atoms with E-state index < -0.39 is 0 Å². The summed E-state index contributed by atoms with van der Waals surface area (Å²) >= 11 is 1.52. The van der Waals surface area contributed by atoms with Gasteiger partial charge in [0.1, 0.15) is 5.69 Å². The molecule has 1 amide bonds. The molecule has 7 nitrogen and oxygen atoms in total. The van der Waals surface area contributed by atoms with E-state index in [1.54, 1.807) is 23.2 Å². The first kappa shape index (κ1) is 14.8. The number of amides is 1. The van der Waals surface area contributed by atoms with Crippen molar-refractivity contribution in [3.05, 3.63) is 48.6 Å². The minimum absolute atomic E-state index is 0.0638. The van der Waals surface area contributed by atoms with E-state index in [4.69, 9.17) is 4.42 Å². The lowest BCUT2D eigenvalue weighted by molar-refractivity contribution is 0.0714. The molecule has 3 aromatic heterocycles. The molecule has 0 atom stereocenters. The minimum Gasteiger partial charge on any atom is -0.459 e. The lowest BCUT2D eigenvalue weighted by Crippen LogP contribution is -2.48. The van der Waals surface area contributed by atoms with Crippen LogP contribution in [0.15, 0.2) is 47.2 Å². The third kappa shape index (κ3) is 2.88. The molecule has 3 aromatic rings. The van der Waals surface area contributed by atoms with Crippen molar-refractivity contribution in [3.8, 4) is 10.7 Å². The maximum Gasteiger partial charge on any atom is 0.289 e. The number of carbonyl (C=O) groups excluding carboxylic acids is 1. The Morgan fingerprint density at radius 3 is 2.67 bits per heavy atom. The lowest BCUT2D eigenvalue weighted by atomic mass is 10.3. The maximum absolute atomic E-state index is 12.3. The largest absolute Gasteiger partial charge is 0.459 e. The first-order valence-electron chi connectivity index (χ1n) is 7.64. The predicted octanol–water partition coefficient (Wildman–Crippen LogP) is 2.16. The van der Waals surface area contributed by atoms with E-state index in [9.17, 15) is 4.79 Å². The molecule has 0 aromatic carbocycles. The fourth-order valence-electron chi connectivity index (χ4n) is 2.59. The number of pyridine rings is 1. The quantitative estimate of drug-likeness (QED) is 0.727. The highest BCUT2D eigenvalue weighted by Crippen LogP contribution is 2.28. The zero-order valence-corrected chi connectivity index (χ0v) is 13.6. The van der Waals surface area contributed by atoms with Crippen LogP contribution in [-0.4, -0.2) is 52.2 Å². The normalized spacial score (nSPS) is 14.8. The zero-order valence-electron chi connectivity index (χ0n) is 12.8. The molecular formula is C16H15N5O2S. The van der Waals surface area contributed by atoms with Gasteiger partial charge >= 0.3 is 0 Å². The molecule has 122 valence electrons. The number of aromatic nitrogens is 3. The molecule has 4 heterocycles. The summed E-state index contributed by atoms with van der Waals surface area (Å²) in [6, 6.07) is 9.15. The van der Waals surface area contributed by atoms with Crippen LogP contribution in [0.25, 0.3) is 10.7 Å². The Morgan fingerprint density at radius 1 is 1.08 bits per heavy atom. The molecule has 0 aliphatic carbocycles. The zero-order chi connectivity index (χ0) is 16.4. The van der Waals surface area contributed by atoms with Crippen molar-refractivity contribution in [3.63, 3.8) is 0 Å². The SMILES string of the molecule is O=C(c1ccco1)N1CCN(c2nnc(-c3ccccn3)s2)CC1. The summed E-state index contributed by atoms with van der Waals surface area (Å²) in [6.07, 6.45) is 3.26. The van der Waals surface area contributed by atoms with Crippen molar-refractivity contribution in [2.45, 2.75) is 0 Å². The average Bonchev–Trinajstić information content (AvgIpc) is 3.34. The van der Waals surface area contributed by atoms with Crippen molar-refractivity contribution < 1.29 is 9.21 Å². The molecule has 4 rings (SSSR count). The van der Waals surface area contributed by atoms with Gasteiger partial charge in [0, 0.05) is 32.4 Å². The van der Waals surface area contributed by atoms with Crippen molar-refractivity contribution >= 4 is 22.4 Å². The summed E-state index contributed by atoms with van der Waals surface area (Å²) in [5.74, 6) is 0.322. The summed E-state index contributed by atoms with van der Waals surface area (Å²) < 4.78 is 5.18. The molecule has 1 aliphatic rings. The Morgan fingerprint density at radius 2 is 1.96 bits per heavy atom. The van der Waals surface area contributed by atoms with E-state index in [1.165, 1.54) is 17.6 Å². The summed E-state index contributed by atoms with van der Waals surface area (Å²) in [5.41, 5.74) is 0.827. The van der Waals surface area contributed by atoms with Crippen molar-refractivity contribution in [1.82, 2.24) is 20.1 Å². The molecule has 0 bridgehead atoms. The Labute approximate surface area is 142 Å². The topological polar surface area (TPSA) is 75.4 Å². The van der Waals surface area contributed by atoms with Gasteiger partial charge in [-0.05, 0) is 24.3 Å². The molecule has 0 radical (unpaired) electrons. The van der Waals surface area contributed by atoms with Gasteiger partial charge in [-0.2, -0.15) is 0 Å². The van der Waals surface area contributed by atoms with Crippen molar-refractivity contribution in [2.75, 3.05) is 31.1 Å². The van der Waals surface area contributed by atoms with Crippen molar-refractivity contribution in [2.24, 2.45) is 0 Å². The molecule has 0 unspecified atom stereocenters. The third-order valence-electron chi connectivity index (χ3n) is 3.87. The van der Waals surface area contributed by atoms with E-state index in [2.05, 4.69) is 20.1 Å². The standard InChI is InChI=1S/C16H15N5O2S/c22-15(13-5-3-11-23-13)20-7-9-21(10-8-20)16-19-18-14(24-16)12-4-1-2-6-17-12/h1-6,11H,7-10H2. The number of anilines is 1. The highest BCUT2D eigenvalue weighted by atomic mass is 32.1. The molecule has 1 saturated heterocycles. The Kier molecular flexibility index (Phi) is 3.96. The van der Waals surface area contributed by atoms with Crippen LogP contribution in [0, 0.1) is 0 Å². The van der Waals surface area contributed by atoms with Crippen LogP contribution < -0.4 is 4.90 Å². The summed E-state index contributed by atoms with van der Waals surface area (Å²) in [4.78, 5) is 20.5. The summed E-state index contributed by atoms with van der Waals surface area (Å²) in [6.45, 7) is 2.72. The second kappa shape index (κ2) is 6.40. The van der Waals surface area contributed by atoms with Crippen LogP contribution in [-0.2, 0) is 0 Å². The second-order valence-corrected chi connectivity index (χ2v) is 6.32. The Hall–Kier alpha value is -2.74. The lowest BCUT2D eigenvalue weighted by Gasteiger charge is -2.33. The van der Waals surface area contributed by atoms with E-state index in [-0.39, 0.29) is 5.91 Å².